The Balaban J connectivity index is 1.60. The van der Waals surface area contributed by atoms with E-state index in [4.69, 9.17) is 11.6 Å². The maximum absolute atomic E-state index is 12.9. The number of rotatable bonds is 3. The molecular weight excluding hydrogens is 360 g/mol. The van der Waals surface area contributed by atoms with Gasteiger partial charge >= 0.3 is 0 Å². The van der Waals surface area contributed by atoms with Crippen molar-refractivity contribution in [2.24, 2.45) is 7.05 Å². The quantitative estimate of drug-likeness (QED) is 0.701. The average Bonchev–Trinajstić information content (AvgIpc) is 3.15. The van der Waals surface area contributed by atoms with Crippen molar-refractivity contribution in [3.8, 4) is 0 Å². The summed E-state index contributed by atoms with van der Waals surface area (Å²) < 4.78 is 1.88. The number of fused-ring (bicyclic) bond motifs is 2. The lowest BCUT2D eigenvalue weighted by atomic mass is 9.94. The number of amides is 1. The van der Waals surface area contributed by atoms with Crippen LogP contribution in [0, 0.1) is 0 Å². The van der Waals surface area contributed by atoms with Crippen molar-refractivity contribution in [1.82, 2.24) is 9.88 Å². The van der Waals surface area contributed by atoms with Gasteiger partial charge in [0.15, 0.2) is 0 Å². The number of nitrogens with zero attached hydrogens (tertiary/aromatic N) is 1. The SMILES string of the molecule is Cn1c(C(=O)N[C@@H]2CCc3cc(C(C)(C)O)ccc32)cc2ccc(Cl)cc21. The summed E-state index contributed by atoms with van der Waals surface area (Å²) in [6.45, 7) is 3.57. The molecule has 1 amide bonds. The third-order valence-corrected chi connectivity index (χ3v) is 5.71. The van der Waals surface area contributed by atoms with Crippen LogP contribution in [-0.4, -0.2) is 15.6 Å². The zero-order valence-corrected chi connectivity index (χ0v) is 16.5. The standard InChI is InChI=1S/C22H23ClN2O2/c1-22(2,27)15-6-8-17-13(10-15)5-9-18(17)24-21(26)20-11-14-4-7-16(23)12-19(14)25(20)3/h4,6-8,10-12,18,27H,5,9H2,1-3H3,(H,24,26)/t18-/m1/s1. The zero-order chi connectivity index (χ0) is 19.3. The van der Waals surface area contributed by atoms with Crippen molar-refractivity contribution in [2.75, 3.05) is 0 Å². The largest absolute Gasteiger partial charge is 0.386 e. The molecule has 1 aromatic heterocycles. The molecule has 2 aromatic carbocycles. The van der Waals surface area contributed by atoms with E-state index in [1.807, 2.05) is 48.0 Å². The Morgan fingerprint density at radius 1 is 1.22 bits per heavy atom. The van der Waals surface area contributed by atoms with E-state index in [2.05, 4.69) is 11.4 Å². The summed E-state index contributed by atoms with van der Waals surface area (Å²) in [4.78, 5) is 12.9. The zero-order valence-electron chi connectivity index (χ0n) is 15.7. The lowest BCUT2D eigenvalue weighted by Crippen LogP contribution is -2.28. The minimum absolute atomic E-state index is 0.00930. The number of aromatic nitrogens is 1. The Kier molecular flexibility index (Phi) is 4.28. The van der Waals surface area contributed by atoms with Crippen LogP contribution in [0.2, 0.25) is 5.02 Å². The summed E-state index contributed by atoms with van der Waals surface area (Å²) in [6.07, 6.45) is 1.76. The third-order valence-electron chi connectivity index (χ3n) is 5.47. The molecule has 0 spiro atoms. The minimum atomic E-state index is -0.860. The topological polar surface area (TPSA) is 54.3 Å². The fourth-order valence-electron chi connectivity index (χ4n) is 3.90. The van der Waals surface area contributed by atoms with Crippen LogP contribution < -0.4 is 5.32 Å². The predicted molar refractivity (Wildman–Crippen MR) is 108 cm³/mol. The molecule has 0 bridgehead atoms. The van der Waals surface area contributed by atoms with Gasteiger partial charge in [0.05, 0.1) is 11.6 Å². The van der Waals surface area contributed by atoms with Gasteiger partial charge in [-0.3, -0.25) is 4.79 Å². The molecule has 0 radical (unpaired) electrons. The number of nitrogens with one attached hydrogen (secondary N) is 1. The van der Waals surface area contributed by atoms with Gasteiger partial charge in [-0.2, -0.15) is 0 Å². The van der Waals surface area contributed by atoms with E-state index in [9.17, 15) is 9.90 Å². The molecule has 0 fully saturated rings. The van der Waals surface area contributed by atoms with Gasteiger partial charge in [0.2, 0.25) is 0 Å². The molecule has 1 aliphatic carbocycles. The number of halogens is 1. The van der Waals surface area contributed by atoms with Gasteiger partial charge in [0, 0.05) is 23.0 Å². The van der Waals surface area contributed by atoms with E-state index in [1.54, 1.807) is 13.8 Å². The molecule has 1 heterocycles. The molecule has 4 nitrogen and oxygen atoms in total. The van der Waals surface area contributed by atoms with Crippen LogP contribution in [0.1, 0.15) is 53.5 Å². The summed E-state index contributed by atoms with van der Waals surface area (Å²) >= 11 is 6.09. The smallest absolute Gasteiger partial charge is 0.268 e. The first-order valence-electron chi connectivity index (χ1n) is 9.15. The van der Waals surface area contributed by atoms with Crippen LogP contribution in [-0.2, 0) is 19.1 Å². The van der Waals surface area contributed by atoms with Crippen molar-refractivity contribution in [3.05, 3.63) is 69.9 Å². The van der Waals surface area contributed by atoms with Gasteiger partial charge in [-0.05, 0) is 61.6 Å². The maximum Gasteiger partial charge on any atom is 0.268 e. The summed E-state index contributed by atoms with van der Waals surface area (Å²) in [5, 5.41) is 15.0. The Hall–Kier alpha value is -2.30. The van der Waals surface area contributed by atoms with Crippen molar-refractivity contribution in [1.29, 1.82) is 0 Å². The lowest BCUT2D eigenvalue weighted by Gasteiger charge is -2.20. The molecular formula is C22H23ClN2O2. The van der Waals surface area contributed by atoms with Crippen molar-refractivity contribution < 1.29 is 9.90 Å². The number of aryl methyl sites for hydroxylation is 2. The van der Waals surface area contributed by atoms with E-state index in [1.165, 1.54) is 5.56 Å². The Labute approximate surface area is 163 Å². The molecule has 3 aromatic rings. The van der Waals surface area contributed by atoms with Crippen LogP contribution in [0.25, 0.3) is 10.9 Å². The first-order chi connectivity index (χ1) is 12.7. The van der Waals surface area contributed by atoms with Gasteiger partial charge in [0.1, 0.15) is 5.69 Å². The summed E-state index contributed by atoms with van der Waals surface area (Å²) in [5.74, 6) is -0.0887. The molecule has 0 saturated carbocycles. The summed E-state index contributed by atoms with van der Waals surface area (Å²) in [5.41, 5.74) is 3.93. The van der Waals surface area contributed by atoms with Gasteiger partial charge in [0.25, 0.3) is 5.91 Å². The second-order valence-corrected chi connectivity index (χ2v) is 8.27. The monoisotopic (exact) mass is 382 g/mol. The summed E-state index contributed by atoms with van der Waals surface area (Å²) in [6, 6.07) is 13.6. The van der Waals surface area contributed by atoms with Crippen LogP contribution in [0.3, 0.4) is 0 Å². The fraction of sp³-hybridized carbons (Fsp3) is 0.318. The van der Waals surface area contributed by atoms with Crippen molar-refractivity contribution in [3.63, 3.8) is 0 Å². The second-order valence-electron chi connectivity index (χ2n) is 7.83. The highest BCUT2D eigenvalue weighted by Gasteiger charge is 2.27. The number of benzene rings is 2. The molecule has 4 rings (SSSR count). The second kappa shape index (κ2) is 6.39. The van der Waals surface area contributed by atoms with Crippen LogP contribution in [0.4, 0.5) is 0 Å². The van der Waals surface area contributed by atoms with E-state index in [-0.39, 0.29) is 11.9 Å². The molecule has 5 heteroatoms. The highest BCUT2D eigenvalue weighted by molar-refractivity contribution is 6.31. The van der Waals surface area contributed by atoms with Crippen LogP contribution >= 0.6 is 11.6 Å². The normalized spacial score (nSPS) is 16.6. The highest BCUT2D eigenvalue weighted by Crippen LogP contribution is 2.34. The first kappa shape index (κ1) is 18.1. The average molecular weight is 383 g/mol. The molecule has 1 aliphatic rings. The van der Waals surface area contributed by atoms with E-state index in [0.29, 0.717) is 10.7 Å². The minimum Gasteiger partial charge on any atom is -0.386 e. The highest BCUT2D eigenvalue weighted by atomic mass is 35.5. The van der Waals surface area contributed by atoms with Gasteiger partial charge in [-0.25, -0.2) is 0 Å². The predicted octanol–water partition coefficient (Wildman–Crippen LogP) is 4.48. The Morgan fingerprint density at radius 3 is 2.74 bits per heavy atom. The maximum atomic E-state index is 12.9. The van der Waals surface area contributed by atoms with E-state index < -0.39 is 5.60 Å². The first-order valence-corrected chi connectivity index (χ1v) is 9.53. The molecule has 2 N–H and O–H groups in total. The summed E-state index contributed by atoms with van der Waals surface area (Å²) in [7, 11) is 1.88. The van der Waals surface area contributed by atoms with Crippen molar-refractivity contribution >= 4 is 28.4 Å². The molecule has 27 heavy (non-hydrogen) atoms. The van der Waals surface area contributed by atoms with E-state index in [0.717, 1.165) is 34.9 Å². The number of aliphatic hydroxyl groups is 1. The van der Waals surface area contributed by atoms with Crippen LogP contribution in [0.15, 0.2) is 42.5 Å². The van der Waals surface area contributed by atoms with E-state index >= 15 is 0 Å². The number of carbonyl (C=O) groups excluding carboxylic acids is 1. The molecule has 0 saturated heterocycles. The number of hydrogen-bond acceptors (Lipinski definition) is 2. The van der Waals surface area contributed by atoms with Gasteiger partial charge < -0.3 is 15.0 Å². The third kappa shape index (κ3) is 3.24. The van der Waals surface area contributed by atoms with Gasteiger partial charge in [-0.1, -0.05) is 35.9 Å². The number of hydrogen-bond donors (Lipinski definition) is 2. The van der Waals surface area contributed by atoms with Crippen molar-refractivity contribution in [2.45, 2.75) is 38.3 Å². The molecule has 140 valence electrons. The van der Waals surface area contributed by atoms with Crippen LogP contribution in [0.5, 0.6) is 0 Å². The Bertz CT molecular complexity index is 1050. The molecule has 0 aliphatic heterocycles. The lowest BCUT2D eigenvalue weighted by molar-refractivity contribution is 0.0784. The Morgan fingerprint density at radius 2 is 2.00 bits per heavy atom. The number of carbonyl (C=O) groups is 1. The molecule has 1 atom stereocenters. The fourth-order valence-corrected chi connectivity index (χ4v) is 4.07. The van der Waals surface area contributed by atoms with Gasteiger partial charge in [-0.15, -0.1) is 0 Å². The molecule has 0 unspecified atom stereocenters.